The lowest BCUT2D eigenvalue weighted by Crippen LogP contribution is -2.48. The zero-order valence-corrected chi connectivity index (χ0v) is 15.0. The van der Waals surface area contributed by atoms with Gasteiger partial charge in [-0.05, 0) is 36.0 Å². The maximum atomic E-state index is 5.77. The van der Waals surface area contributed by atoms with Gasteiger partial charge in [-0.1, -0.05) is 19.9 Å². The number of ether oxygens (including phenoxy) is 2. The first kappa shape index (κ1) is 16.9. The van der Waals surface area contributed by atoms with Crippen molar-refractivity contribution in [3.05, 3.63) is 23.8 Å². The van der Waals surface area contributed by atoms with Gasteiger partial charge in [-0.25, -0.2) is 0 Å². The fraction of sp³-hybridized carbons (Fsp3) is 0.632. The number of hydrogen-bond acceptors (Lipinski definition) is 3. The Kier molecular flexibility index (Phi) is 5.48. The first-order valence-corrected chi connectivity index (χ1v) is 9.00. The third-order valence-electron chi connectivity index (χ3n) is 4.64. The summed E-state index contributed by atoms with van der Waals surface area (Å²) in [5.74, 6) is 4.11. The van der Waals surface area contributed by atoms with Gasteiger partial charge in [0.25, 0.3) is 0 Å². The highest BCUT2D eigenvalue weighted by Crippen LogP contribution is 2.30. The molecule has 0 aromatic heterocycles. The summed E-state index contributed by atoms with van der Waals surface area (Å²) in [6, 6.07) is 6.17. The molecule has 2 aliphatic rings. The SMILES string of the molecule is CN=C(NCc1ccc2c(c1)OCCCO2)N1CC(C)CC(C)C1. The predicted octanol–water partition coefficient (Wildman–Crippen LogP) is 2.90. The summed E-state index contributed by atoms with van der Waals surface area (Å²) >= 11 is 0. The van der Waals surface area contributed by atoms with Gasteiger partial charge in [0.05, 0.1) is 13.2 Å². The number of aliphatic imine (C=N–C) groups is 1. The molecule has 1 saturated heterocycles. The molecule has 5 nitrogen and oxygen atoms in total. The molecule has 0 radical (unpaired) electrons. The molecule has 0 amide bonds. The number of likely N-dealkylation sites (tertiary alicyclic amines) is 1. The second-order valence-electron chi connectivity index (χ2n) is 7.08. The second kappa shape index (κ2) is 7.77. The summed E-state index contributed by atoms with van der Waals surface area (Å²) in [7, 11) is 1.86. The Hall–Kier alpha value is -1.91. The predicted molar refractivity (Wildman–Crippen MR) is 96.8 cm³/mol. The molecule has 2 aliphatic heterocycles. The molecule has 3 rings (SSSR count). The minimum atomic E-state index is 0.713. The van der Waals surface area contributed by atoms with Crippen LogP contribution in [0.3, 0.4) is 0 Å². The Morgan fingerprint density at radius 1 is 1.17 bits per heavy atom. The topological polar surface area (TPSA) is 46.1 Å². The van der Waals surface area contributed by atoms with E-state index in [4.69, 9.17) is 9.47 Å². The highest BCUT2D eigenvalue weighted by molar-refractivity contribution is 5.80. The number of fused-ring (bicyclic) bond motifs is 1. The van der Waals surface area contributed by atoms with Crippen molar-refractivity contribution in [1.29, 1.82) is 0 Å². The van der Waals surface area contributed by atoms with Crippen molar-refractivity contribution in [2.24, 2.45) is 16.8 Å². The Balaban J connectivity index is 1.62. The maximum Gasteiger partial charge on any atom is 0.193 e. The van der Waals surface area contributed by atoms with Gasteiger partial charge >= 0.3 is 0 Å². The summed E-state index contributed by atoms with van der Waals surface area (Å²) in [4.78, 5) is 6.85. The average molecular weight is 331 g/mol. The van der Waals surface area contributed by atoms with Crippen molar-refractivity contribution < 1.29 is 9.47 Å². The molecule has 1 N–H and O–H groups in total. The van der Waals surface area contributed by atoms with Crippen LogP contribution in [0.15, 0.2) is 23.2 Å². The Bertz CT molecular complexity index is 578. The van der Waals surface area contributed by atoms with Crippen LogP contribution in [0.5, 0.6) is 11.5 Å². The van der Waals surface area contributed by atoms with E-state index < -0.39 is 0 Å². The van der Waals surface area contributed by atoms with Gasteiger partial charge in [0.1, 0.15) is 0 Å². The minimum absolute atomic E-state index is 0.713. The van der Waals surface area contributed by atoms with Gasteiger partial charge in [0.15, 0.2) is 17.5 Å². The molecule has 0 aliphatic carbocycles. The van der Waals surface area contributed by atoms with Gasteiger partial charge in [0, 0.05) is 33.1 Å². The van der Waals surface area contributed by atoms with E-state index >= 15 is 0 Å². The first-order chi connectivity index (χ1) is 11.7. The number of nitrogens with zero attached hydrogens (tertiary/aromatic N) is 2. The Labute approximate surface area is 145 Å². The van der Waals surface area contributed by atoms with Crippen LogP contribution in [0, 0.1) is 11.8 Å². The van der Waals surface area contributed by atoms with Crippen molar-refractivity contribution >= 4 is 5.96 Å². The molecule has 24 heavy (non-hydrogen) atoms. The first-order valence-electron chi connectivity index (χ1n) is 9.00. The molecule has 5 heteroatoms. The quantitative estimate of drug-likeness (QED) is 0.669. The Morgan fingerprint density at radius 3 is 2.58 bits per heavy atom. The third kappa shape index (κ3) is 4.13. The molecule has 1 aromatic rings. The van der Waals surface area contributed by atoms with E-state index in [1.54, 1.807) is 0 Å². The molecule has 1 aromatic carbocycles. The van der Waals surface area contributed by atoms with E-state index in [0.29, 0.717) is 11.8 Å². The number of benzene rings is 1. The molecule has 0 bridgehead atoms. The molecule has 0 saturated carbocycles. The monoisotopic (exact) mass is 331 g/mol. The molecule has 2 atom stereocenters. The van der Waals surface area contributed by atoms with E-state index in [-0.39, 0.29) is 0 Å². The van der Waals surface area contributed by atoms with Crippen LogP contribution >= 0.6 is 0 Å². The van der Waals surface area contributed by atoms with Crippen LogP contribution in [0.2, 0.25) is 0 Å². The normalized spacial score (nSPS) is 24.5. The molecule has 2 heterocycles. The van der Waals surface area contributed by atoms with Crippen molar-refractivity contribution in [1.82, 2.24) is 10.2 Å². The van der Waals surface area contributed by atoms with Gasteiger partial charge in [-0.3, -0.25) is 4.99 Å². The number of nitrogens with one attached hydrogen (secondary N) is 1. The van der Waals surface area contributed by atoms with Crippen LogP contribution in [0.25, 0.3) is 0 Å². The summed E-state index contributed by atoms with van der Waals surface area (Å²) < 4.78 is 11.5. The van der Waals surface area contributed by atoms with Gasteiger partial charge < -0.3 is 19.7 Å². The van der Waals surface area contributed by atoms with Gasteiger partial charge in [0.2, 0.25) is 0 Å². The second-order valence-corrected chi connectivity index (χ2v) is 7.08. The number of piperidine rings is 1. The van der Waals surface area contributed by atoms with Crippen LogP contribution in [-0.2, 0) is 6.54 Å². The lowest BCUT2D eigenvalue weighted by atomic mass is 9.92. The minimum Gasteiger partial charge on any atom is -0.490 e. The van der Waals surface area contributed by atoms with Crippen LogP contribution in [0.1, 0.15) is 32.3 Å². The van der Waals surface area contributed by atoms with Crippen LogP contribution in [-0.4, -0.2) is 44.2 Å². The maximum absolute atomic E-state index is 5.77. The highest BCUT2D eigenvalue weighted by Gasteiger charge is 2.24. The zero-order chi connectivity index (χ0) is 16.9. The van der Waals surface area contributed by atoms with Gasteiger partial charge in [-0.2, -0.15) is 0 Å². The van der Waals surface area contributed by atoms with E-state index in [0.717, 1.165) is 56.7 Å². The molecule has 2 unspecified atom stereocenters. The molecular formula is C19H29N3O2. The Morgan fingerprint density at radius 2 is 1.88 bits per heavy atom. The standard InChI is InChI=1S/C19H29N3O2/c1-14-9-15(2)13-22(12-14)19(20-3)21-11-16-5-6-17-18(10-16)24-8-4-7-23-17/h5-6,10,14-15H,4,7-9,11-13H2,1-3H3,(H,20,21). The van der Waals surface area contributed by atoms with E-state index in [1.807, 2.05) is 13.1 Å². The molecule has 132 valence electrons. The lowest BCUT2D eigenvalue weighted by molar-refractivity contribution is 0.208. The highest BCUT2D eigenvalue weighted by atomic mass is 16.5. The van der Waals surface area contributed by atoms with Crippen molar-refractivity contribution in [2.45, 2.75) is 33.2 Å². The fourth-order valence-corrected chi connectivity index (χ4v) is 3.67. The van der Waals surface area contributed by atoms with Crippen LogP contribution in [0.4, 0.5) is 0 Å². The zero-order valence-electron chi connectivity index (χ0n) is 15.0. The summed E-state index contributed by atoms with van der Waals surface area (Å²) in [6.07, 6.45) is 2.23. The third-order valence-corrected chi connectivity index (χ3v) is 4.64. The number of guanidine groups is 1. The molecule has 0 spiro atoms. The van der Waals surface area contributed by atoms with E-state index in [2.05, 4.69) is 41.2 Å². The smallest absolute Gasteiger partial charge is 0.193 e. The van der Waals surface area contributed by atoms with Crippen molar-refractivity contribution in [3.8, 4) is 11.5 Å². The molecule has 1 fully saturated rings. The molecular weight excluding hydrogens is 302 g/mol. The summed E-state index contributed by atoms with van der Waals surface area (Å²) in [5, 5.41) is 3.50. The van der Waals surface area contributed by atoms with Crippen molar-refractivity contribution in [3.63, 3.8) is 0 Å². The average Bonchev–Trinajstić information content (AvgIpc) is 2.79. The van der Waals surface area contributed by atoms with E-state index in [1.165, 1.54) is 12.0 Å². The lowest BCUT2D eigenvalue weighted by Gasteiger charge is -2.37. The van der Waals surface area contributed by atoms with Crippen LogP contribution < -0.4 is 14.8 Å². The van der Waals surface area contributed by atoms with E-state index in [9.17, 15) is 0 Å². The fourth-order valence-electron chi connectivity index (χ4n) is 3.67. The van der Waals surface area contributed by atoms with Crippen molar-refractivity contribution in [2.75, 3.05) is 33.4 Å². The number of rotatable bonds is 2. The number of hydrogen-bond donors (Lipinski definition) is 1. The van der Waals surface area contributed by atoms with Gasteiger partial charge in [-0.15, -0.1) is 0 Å². The largest absolute Gasteiger partial charge is 0.490 e. The summed E-state index contributed by atoms with van der Waals surface area (Å²) in [6.45, 7) is 8.97. The summed E-state index contributed by atoms with van der Waals surface area (Å²) in [5.41, 5.74) is 1.18.